The number of aliphatic hydroxyl groups excluding tert-OH is 1. The Kier molecular flexibility index (Phi) is 4.12. The van der Waals surface area contributed by atoms with Gasteiger partial charge in [0, 0.05) is 24.7 Å². The van der Waals surface area contributed by atoms with E-state index < -0.39 is 0 Å². The van der Waals surface area contributed by atoms with Gasteiger partial charge in [0.1, 0.15) is 0 Å². The first kappa shape index (κ1) is 10.9. The molecule has 0 aromatic heterocycles. The van der Waals surface area contributed by atoms with Crippen LogP contribution in [0.25, 0.3) is 0 Å². The third-order valence-corrected chi connectivity index (χ3v) is 2.64. The van der Waals surface area contributed by atoms with Crippen LogP contribution in [0, 0.1) is 0 Å². The number of nitrogens with zero attached hydrogens (tertiary/aromatic N) is 1. The van der Waals surface area contributed by atoms with E-state index in [1.165, 1.54) is 0 Å². The second-order valence-corrected chi connectivity index (χ2v) is 3.77. The van der Waals surface area contributed by atoms with Crippen molar-refractivity contribution in [3.8, 4) is 0 Å². The maximum Gasteiger partial charge on any atom is 0.0619 e. The molecule has 0 bridgehead atoms. The summed E-state index contributed by atoms with van der Waals surface area (Å²) in [5, 5.41) is 9.20. The summed E-state index contributed by atoms with van der Waals surface area (Å²) >= 11 is 0. The lowest BCUT2D eigenvalue weighted by Gasteiger charge is -2.40. The van der Waals surface area contributed by atoms with Gasteiger partial charge in [0.05, 0.1) is 19.8 Å². The second-order valence-electron chi connectivity index (χ2n) is 3.77. The van der Waals surface area contributed by atoms with Gasteiger partial charge in [0.2, 0.25) is 0 Å². The Morgan fingerprint density at radius 1 is 1.69 bits per heavy atom. The molecule has 3 N–H and O–H groups in total. The lowest BCUT2D eigenvalue weighted by molar-refractivity contribution is -0.0376. The first-order valence-electron chi connectivity index (χ1n) is 4.86. The highest BCUT2D eigenvalue weighted by Crippen LogP contribution is 2.12. The number of nitrogens with two attached hydrogens (primary N) is 1. The van der Waals surface area contributed by atoms with Crippen LogP contribution < -0.4 is 5.73 Å². The minimum Gasteiger partial charge on any atom is -0.395 e. The van der Waals surface area contributed by atoms with Gasteiger partial charge in [-0.2, -0.15) is 0 Å². The van der Waals surface area contributed by atoms with Crippen molar-refractivity contribution in [1.82, 2.24) is 4.90 Å². The predicted molar refractivity (Wildman–Crippen MR) is 51.5 cm³/mol. The summed E-state index contributed by atoms with van der Waals surface area (Å²) in [4.78, 5) is 2.23. The van der Waals surface area contributed by atoms with E-state index in [-0.39, 0.29) is 18.7 Å². The van der Waals surface area contributed by atoms with Gasteiger partial charge >= 0.3 is 0 Å². The van der Waals surface area contributed by atoms with Crippen LogP contribution in [-0.4, -0.2) is 54.5 Å². The molecule has 3 unspecified atom stereocenters. The number of aliphatic hydroxyl groups is 1. The number of hydrogen-bond acceptors (Lipinski definition) is 4. The molecule has 0 spiro atoms. The highest BCUT2D eigenvalue weighted by atomic mass is 16.5. The summed E-state index contributed by atoms with van der Waals surface area (Å²) < 4.78 is 5.32. The van der Waals surface area contributed by atoms with Gasteiger partial charge in [-0.3, -0.25) is 4.90 Å². The van der Waals surface area contributed by atoms with Crippen molar-refractivity contribution in [2.75, 3.05) is 26.4 Å². The van der Waals surface area contributed by atoms with E-state index in [9.17, 15) is 5.11 Å². The highest BCUT2D eigenvalue weighted by molar-refractivity contribution is 4.83. The normalized spacial score (nSPS) is 30.0. The van der Waals surface area contributed by atoms with Crippen molar-refractivity contribution >= 4 is 0 Å². The summed E-state index contributed by atoms with van der Waals surface area (Å²) in [7, 11) is 0. The summed E-state index contributed by atoms with van der Waals surface area (Å²) in [5.74, 6) is 0. The van der Waals surface area contributed by atoms with Gasteiger partial charge in [-0.15, -0.1) is 0 Å². The van der Waals surface area contributed by atoms with Crippen molar-refractivity contribution in [3.05, 3.63) is 0 Å². The van der Waals surface area contributed by atoms with Crippen LogP contribution >= 0.6 is 0 Å². The molecular formula is C9H20N2O2. The Balaban J connectivity index is 2.55. The van der Waals surface area contributed by atoms with E-state index in [4.69, 9.17) is 10.5 Å². The monoisotopic (exact) mass is 188 g/mol. The van der Waals surface area contributed by atoms with Crippen molar-refractivity contribution in [2.24, 2.45) is 5.73 Å². The zero-order valence-corrected chi connectivity index (χ0v) is 8.44. The molecule has 0 aliphatic carbocycles. The maximum atomic E-state index is 9.20. The smallest absolute Gasteiger partial charge is 0.0619 e. The van der Waals surface area contributed by atoms with Crippen molar-refractivity contribution in [1.29, 1.82) is 0 Å². The van der Waals surface area contributed by atoms with Gasteiger partial charge in [-0.05, 0) is 13.8 Å². The van der Waals surface area contributed by atoms with Crippen molar-refractivity contribution in [3.63, 3.8) is 0 Å². The molecule has 0 aromatic rings. The third-order valence-electron chi connectivity index (χ3n) is 2.64. The molecule has 78 valence electrons. The second kappa shape index (κ2) is 4.91. The lowest BCUT2D eigenvalue weighted by Crippen LogP contribution is -2.56. The Morgan fingerprint density at radius 3 is 2.85 bits per heavy atom. The number of ether oxygens (including phenoxy) is 1. The molecule has 1 rings (SSSR count). The minimum atomic E-state index is 0.00514. The van der Waals surface area contributed by atoms with E-state index in [1.54, 1.807) is 0 Å². The van der Waals surface area contributed by atoms with Gasteiger partial charge < -0.3 is 15.6 Å². The lowest BCUT2D eigenvalue weighted by atomic mass is 10.1. The molecule has 4 heteroatoms. The van der Waals surface area contributed by atoms with Crippen LogP contribution in [0.1, 0.15) is 13.8 Å². The molecule has 0 amide bonds. The Bertz CT molecular complexity index is 153. The number of rotatable bonds is 3. The number of morpholine rings is 1. The van der Waals surface area contributed by atoms with Gasteiger partial charge in [0.15, 0.2) is 0 Å². The average molecular weight is 188 g/mol. The Labute approximate surface area is 79.7 Å². The van der Waals surface area contributed by atoms with E-state index in [0.29, 0.717) is 6.04 Å². The largest absolute Gasteiger partial charge is 0.395 e. The average Bonchev–Trinajstić information content (AvgIpc) is 2.09. The highest BCUT2D eigenvalue weighted by Gasteiger charge is 2.28. The minimum absolute atomic E-state index is 0.00514. The van der Waals surface area contributed by atoms with Gasteiger partial charge in [0.25, 0.3) is 0 Å². The molecule has 1 aliphatic rings. The predicted octanol–water partition coefficient (Wildman–Crippen LogP) is -0.585. The molecule has 0 aromatic carbocycles. The Morgan fingerprint density at radius 2 is 2.38 bits per heavy atom. The fourth-order valence-corrected chi connectivity index (χ4v) is 1.81. The Hall–Kier alpha value is -0.160. The van der Waals surface area contributed by atoms with Crippen LogP contribution in [-0.2, 0) is 4.74 Å². The quantitative estimate of drug-likeness (QED) is 0.622. The van der Waals surface area contributed by atoms with E-state index in [2.05, 4.69) is 11.8 Å². The molecule has 1 fully saturated rings. The molecule has 0 saturated carbocycles. The molecule has 13 heavy (non-hydrogen) atoms. The van der Waals surface area contributed by atoms with E-state index >= 15 is 0 Å². The van der Waals surface area contributed by atoms with Crippen molar-refractivity contribution < 1.29 is 9.84 Å². The molecular weight excluding hydrogens is 168 g/mol. The van der Waals surface area contributed by atoms with Crippen LogP contribution in [0.15, 0.2) is 0 Å². The summed E-state index contributed by atoms with van der Waals surface area (Å²) in [5.41, 5.74) is 5.80. The fourth-order valence-electron chi connectivity index (χ4n) is 1.81. The van der Waals surface area contributed by atoms with Gasteiger partial charge in [-0.1, -0.05) is 0 Å². The SMILES string of the molecule is CC(N)C(CO)N1CCOCC1C. The number of hydrogen-bond donors (Lipinski definition) is 2. The van der Waals surface area contributed by atoms with Crippen LogP contribution in [0.2, 0.25) is 0 Å². The van der Waals surface area contributed by atoms with Crippen LogP contribution in [0.4, 0.5) is 0 Å². The zero-order valence-electron chi connectivity index (χ0n) is 8.44. The van der Waals surface area contributed by atoms with E-state index in [1.807, 2.05) is 6.92 Å². The molecule has 1 aliphatic heterocycles. The molecule has 4 nitrogen and oxygen atoms in total. The zero-order chi connectivity index (χ0) is 9.84. The maximum absolute atomic E-state index is 9.20. The fraction of sp³-hybridized carbons (Fsp3) is 1.00. The summed E-state index contributed by atoms with van der Waals surface area (Å²) in [6, 6.07) is 0.432. The van der Waals surface area contributed by atoms with Crippen LogP contribution in [0.5, 0.6) is 0 Å². The molecule has 1 saturated heterocycles. The molecule has 0 radical (unpaired) electrons. The third kappa shape index (κ3) is 2.64. The standard InChI is InChI=1S/C9H20N2O2/c1-7-6-13-4-3-11(7)9(5-12)8(2)10/h7-9,12H,3-6,10H2,1-2H3. The topological polar surface area (TPSA) is 58.7 Å². The molecule has 1 heterocycles. The first-order valence-corrected chi connectivity index (χ1v) is 4.86. The summed E-state index contributed by atoms with van der Waals surface area (Å²) in [6.45, 7) is 6.51. The van der Waals surface area contributed by atoms with Gasteiger partial charge in [-0.25, -0.2) is 0 Å². The van der Waals surface area contributed by atoms with E-state index in [0.717, 1.165) is 19.8 Å². The van der Waals surface area contributed by atoms with Crippen molar-refractivity contribution in [2.45, 2.75) is 32.0 Å². The first-order chi connectivity index (χ1) is 6.16. The summed E-state index contributed by atoms with van der Waals surface area (Å²) in [6.07, 6.45) is 0. The molecule has 3 atom stereocenters. The van der Waals surface area contributed by atoms with Crippen LogP contribution in [0.3, 0.4) is 0 Å².